The van der Waals surface area contributed by atoms with Crippen molar-refractivity contribution in [1.29, 1.82) is 0 Å². The molecule has 2 saturated heterocycles. The molecule has 2 heterocycles. The molecular weight excluding hydrogens is 356 g/mol. The molecule has 1 amide bonds. The van der Waals surface area contributed by atoms with Crippen LogP contribution in [0.4, 0.5) is 13.6 Å². The van der Waals surface area contributed by atoms with E-state index < -0.39 is 18.6 Å². The highest BCUT2D eigenvalue weighted by molar-refractivity contribution is 5.65. The molecule has 3 rings (SSSR count). The second-order valence-corrected chi connectivity index (χ2v) is 7.32. The fraction of sp³-hybridized carbons (Fsp3) is 0.632. The first-order valence-electron chi connectivity index (χ1n) is 9.33. The Labute approximate surface area is 158 Å². The Morgan fingerprint density at radius 2 is 2.00 bits per heavy atom. The van der Waals surface area contributed by atoms with Crippen LogP contribution in [0.5, 0.6) is 0 Å². The van der Waals surface area contributed by atoms with E-state index in [2.05, 4.69) is 4.90 Å². The summed E-state index contributed by atoms with van der Waals surface area (Å²) in [4.78, 5) is 17.0. The van der Waals surface area contributed by atoms with Crippen LogP contribution >= 0.6 is 0 Å². The van der Waals surface area contributed by atoms with Gasteiger partial charge >= 0.3 is 6.09 Å². The maximum Gasteiger partial charge on any atom is 0.407 e. The molecule has 2 fully saturated rings. The van der Waals surface area contributed by atoms with Gasteiger partial charge in [0.1, 0.15) is 0 Å². The quantitative estimate of drug-likeness (QED) is 0.845. The van der Waals surface area contributed by atoms with Crippen LogP contribution in [0.15, 0.2) is 30.3 Å². The van der Waals surface area contributed by atoms with E-state index in [4.69, 9.17) is 4.74 Å². The Hall–Kier alpha value is -1.77. The van der Waals surface area contributed by atoms with Crippen molar-refractivity contribution < 1.29 is 23.4 Å². The van der Waals surface area contributed by atoms with Crippen LogP contribution < -0.4 is 0 Å². The van der Waals surface area contributed by atoms with Gasteiger partial charge in [-0.2, -0.15) is 0 Å². The normalized spacial score (nSPS) is 27.9. The van der Waals surface area contributed by atoms with Crippen molar-refractivity contribution in [2.24, 2.45) is 0 Å². The van der Waals surface area contributed by atoms with Crippen LogP contribution in [-0.4, -0.2) is 89.8 Å². The highest BCUT2D eigenvalue weighted by Crippen LogP contribution is 2.22. The summed E-state index contributed by atoms with van der Waals surface area (Å²) >= 11 is 0. The number of ether oxygens (including phenoxy) is 1. The largest absolute Gasteiger partial charge is 0.465 e. The summed E-state index contributed by atoms with van der Waals surface area (Å²) in [5.74, 6) is 0. The van der Waals surface area contributed by atoms with Gasteiger partial charge in [-0.15, -0.1) is 0 Å². The number of morpholine rings is 1. The van der Waals surface area contributed by atoms with Gasteiger partial charge in [0.15, 0.2) is 0 Å². The number of hydrogen-bond donors (Lipinski definition) is 1. The Bertz CT molecular complexity index is 619. The van der Waals surface area contributed by atoms with Crippen molar-refractivity contribution in [1.82, 2.24) is 14.7 Å². The second-order valence-electron chi connectivity index (χ2n) is 7.32. The van der Waals surface area contributed by atoms with E-state index in [1.807, 2.05) is 37.3 Å². The van der Waals surface area contributed by atoms with Crippen molar-refractivity contribution in [3.63, 3.8) is 0 Å². The molecule has 1 N–H and O–H groups in total. The third-order valence-electron chi connectivity index (χ3n) is 5.45. The minimum Gasteiger partial charge on any atom is -0.465 e. The van der Waals surface area contributed by atoms with Crippen molar-refractivity contribution in [2.45, 2.75) is 38.0 Å². The Morgan fingerprint density at radius 1 is 1.26 bits per heavy atom. The summed E-state index contributed by atoms with van der Waals surface area (Å²) in [5, 5.41) is 9.50. The molecule has 0 aromatic heterocycles. The van der Waals surface area contributed by atoms with Crippen molar-refractivity contribution >= 4 is 6.09 Å². The van der Waals surface area contributed by atoms with E-state index in [0.717, 1.165) is 5.56 Å². The van der Waals surface area contributed by atoms with E-state index >= 15 is 0 Å². The maximum atomic E-state index is 13.4. The summed E-state index contributed by atoms with van der Waals surface area (Å²) < 4.78 is 32.0. The molecule has 0 saturated carbocycles. The van der Waals surface area contributed by atoms with E-state index in [-0.39, 0.29) is 18.7 Å². The zero-order valence-electron chi connectivity index (χ0n) is 15.5. The van der Waals surface area contributed by atoms with Gasteiger partial charge in [0, 0.05) is 44.8 Å². The predicted molar refractivity (Wildman–Crippen MR) is 97.0 cm³/mol. The van der Waals surface area contributed by atoms with E-state index in [9.17, 15) is 18.7 Å². The van der Waals surface area contributed by atoms with Crippen molar-refractivity contribution in [3.05, 3.63) is 35.9 Å². The topological polar surface area (TPSA) is 56.2 Å². The van der Waals surface area contributed by atoms with Crippen LogP contribution in [0, 0.1) is 0 Å². The van der Waals surface area contributed by atoms with Gasteiger partial charge in [-0.25, -0.2) is 13.6 Å². The van der Waals surface area contributed by atoms with Gasteiger partial charge < -0.3 is 14.7 Å². The van der Waals surface area contributed by atoms with E-state index in [1.54, 1.807) is 4.90 Å². The zero-order valence-corrected chi connectivity index (χ0v) is 15.5. The van der Waals surface area contributed by atoms with Crippen molar-refractivity contribution in [3.8, 4) is 0 Å². The van der Waals surface area contributed by atoms with Gasteiger partial charge in [-0.3, -0.25) is 9.80 Å². The molecule has 8 heteroatoms. The molecule has 6 nitrogen and oxygen atoms in total. The number of halogens is 2. The molecule has 0 bridgehead atoms. The summed E-state index contributed by atoms with van der Waals surface area (Å²) in [6, 6.07) is 8.73. The number of carboxylic acid groups (broad SMARTS) is 1. The van der Waals surface area contributed by atoms with Crippen LogP contribution in [0.3, 0.4) is 0 Å². The fourth-order valence-corrected chi connectivity index (χ4v) is 3.95. The summed E-state index contributed by atoms with van der Waals surface area (Å²) in [6.07, 6.45) is -3.44. The highest BCUT2D eigenvalue weighted by atomic mass is 19.3. The van der Waals surface area contributed by atoms with Gasteiger partial charge in [0.25, 0.3) is 6.43 Å². The number of benzene rings is 1. The number of alkyl halides is 2. The number of hydrogen-bond acceptors (Lipinski definition) is 4. The average Bonchev–Trinajstić information content (AvgIpc) is 2.64. The Balaban J connectivity index is 1.76. The number of carbonyl (C=O) groups is 1. The van der Waals surface area contributed by atoms with E-state index in [1.165, 1.54) is 4.90 Å². The summed E-state index contributed by atoms with van der Waals surface area (Å²) in [5.41, 5.74) is 1.13. The van der Waals surface area contributed by atoms with Gasteiger partial charge in [-0.1, -0.05) is 30.3 Å². The SMILES string of the molecule is C[C@@H]1CN(Cc2ccccc2)[C@@H](CN2CCOCC2C(F)F)CN1C(=O)O. The number of nitrogens with zero attached hydrogens (tertiary/aromatic N) is 3. The summed E-state index contributed by atoms with van der Waals surface area (Å²) in [7, 11) is 0. The lowest BCUT2D eigenvalue weighted by molar-refractivity contribution is -0.0848. The molecule has 0 radical (unpaired) electrons. The van der Waals surface area contributed by atoms with Gasteiger partial charge in [0.2, 0.25) is 0 Å². The van der Waals surface area contributed by atoms with Crippen LogP contribution in [0.25, 0.3) is 0 Å². The standard InChI is InChI=1S/C19H27F2N3O3/c1-14-9-23(10-15-5-3-2-4-6-15)16(12-24(14)19(25)26)11-22-7-8-27-13-17(22)18(20)21/h2-6,14,16-18H,7-13H2,1H3,(H,25,26)/t14-,16+,17?/m1/s1. The monoisotopic (exact) mass is 383 g/mol. The van der Waals surface area contributed by atoms with E-state index in [0.29, 0.717) is 39.3 Å². The van der Waals surface area contributed by atoms with Crippen LogP contribution in [0.1, 0.15) is 12.5 Å². The smallest absolute Gasteiger partial charge is 0.407 e. The minimum absolute atomic E-state index is 0.0160. The fourth-order valence-electron chi connectivity index (χ4n) is 3.95. The number of piperazine rings is 1. The molecule has 27 heavy (non-hydrogen) atoms. The molecule has 1 unspecified atom stereocenters. The molecule has 0 aliphatic carbocycles. The first-order valence-corrected chi connectivity index (χ1v) is 9.33. The third kappa shape index (κ3) is 4.94. The highest BCUT2D eigenvalue weighted by Gasteiger charge is 2.38. The molecule has 150 valence electrons. The molecule has 2 aliphatic rings. The van der Waals surface area contributed by atoms with Crippen LogP contribution in [0.2, 0.25) is 0 Å². The first kappa shape index (κ1) is 20.0. The molecule has 1 aromatic carbocycles. The Kier molecular flexibility index (Phi) is 6.62. The third-order valence-corrected chi connectivity index (χ3v) is 5.45. The van der Waals surface area contributed by atoms with Crippen molar-refractivity contribution in [2.75, 3.05) is 39.4 Å². The molecule has 2 aliphatic heterocycles. The Morgan fingerprint density at radius 3 is 2.67 bits per heavy atom. The number of amides is 1. The maximum absolute atomic E-state index is 13.4. The lowest BCUT2D eigenvalue weighted by Crippen LogP contribution is -2.63. The van der Waals surface area contributed by atoms with Crippen LogP contribution in [-0.2, 0) is 11.3 Å². The minimum atomic E-state index is -2.48. The zero-order chi connectivity index (χ0) is 19.4. The summed E-state index contributed by atoms with van der Waals surface area (Å²) in [6.45, 7) is 4.74. The lowest BCUT2D eigenvalue weighted by Gasteiger charge is -2.47. The number of rotatable bonds is 5. The van der Waals surface area contributed by atoms with Gasteiger partial charge in [0.05, 0.1) is 19.3 Å². The average molecular weight is 383 g/mol. The first-order chi connectivity index (χ1) is 13.0. The predicted octanol–water partition coefficient (Wildman–Crippen LogP) is 2.21. The molecule has 1 aromatic rings. The molecular formula is C19H27F2N3O3. The molecule has 3 atom stereocenters. The molecule has 0 spiro atoms. The van der Waals surface area contributed by atoms with Gasteiger partial charge in [-0.05, 0) is 12.5 Å². The second kappa shape index (κ2) is 8.95. The lowest BCUT2D eigenvalue weighted by atomic mass is 10.0.